The minimum atomic E-state index is -1.19. The summed E-state index contributed by atoms with van der Waals surface area (Å²) in [5.41, 5.74) is 1.49. The van der Waals surface area contributed by atoms with Crippen LogP contribution in [0.1, 0.15) is 31.4 Å². The number of fused-ring (bicyclic) bond motifs is 1. The van der Waals surface area contributed by atoms with E-state index in [4.69, 9.17) is 9.15 Å². The SMILES string of the molecule is CC(C)[C@H](NC(=O)OCc1ccccc1)C(O)c1nc2c(O)cccc2o1. The molecular weight excluding hydrogens is 348 g/mol. The maximum atomic E-state index is 12.2. The lowest BCUT2D eigenvalue weighted by atomic mass is 9.98. The van der Waals surface area contributed by atoms with Crippen LogP contribution in [0.15, 0.2) is 52.9 Å². The van der Waals surface area contributed by atoms with Crippen molar-refractivity contribution < 1.29 is 24.2 Å². The van der Waals surface area contributed by atoms with Crippen molar-refractivity contribution in [1.29, 1.82) is 0 Å². The number of hydrogen-bond acceptors (Lipinski definition) is 6. The smallest absolute Gasteiger partial charge is 0.407 e. The molecule has 142 valence electrons. The first kappa shape index (κ1) is 18.7. The van der Waals surface area contributed by atoms with E-state index in [2.05, 4.69) is 10.3 Å². The van der Waals surface area contributed by atoms with Gasteiger partial charge in [0.05, 0.1) is 6.04 Å². The lowest BCUT2D eigenvalue weighted by molar-refractivity contribution is 0.0701. The Kier molecular flexibility index (Phi) is 5.61. The molecule has 0 aliphatic heterocycles. The Morgan fingerprint density at radius 3 is 2.59 bits per heavy atom. The van der Waals surface area contributed by atoms with E-state index < -0.39 is 18.2 Å². The molecule has 0 bridgehead atoms. The van der Waals surface area contributed by atoms with Crippen LogP contribution in [0.4, 0.5) is 4.79 Å². The molecule has 27 heavy (non-hydrogen) atoms. The van der Waals surface area contributed by atoms with E-state index in [0.29, 0.717) is 5.58 Å². The number of benzene rings is 2. The van der Waals surface area contributed by atoms with Crippen LogP contribution >= 0.6 is 0 Å². The molecule has 1 amide bonds. The van der Waals surface area contributed by atoms with Crippen molar-refractivity contribution in [2.24, 2.45) is 5.92 Å². The summed E-state index contributed by atoms with van der Waals surface area (Å²) in [5, 5.41) is 23.2. The summed E-state index contributed by atoms with van der Waals surface area (Å²) >= 11 is 0. The first-order chi connectivity index (χ1) is 13.0. The molecule has 7 heteroatoms. The Morgan fingerprint density at radius 1 is 1.19 bits per heavy atom. The summed E-state index contributed by atoms with van der Waals surface area (Å²) < 4.78 is 10.8. The predicted octanol–water partition coefficient (Wildman–Crippen LogP) is 3.52. The van der Waals surface area contributed by atoms with Crippen LogP contribution < -0.4 is 5.32 Å². The standard InChI is InChI=1S/C20H22N2O5/c1-12(2)16(22-20(25)26-11-13-7-4-3-5-8-13)18(24)19-21-17-14(23)9-6-10-15(17)27-19/h3-10,12,16,18,23-24H,11H2,1-2H3,(H,22,25)/t16-,18?/m0/s1. The summed E-state index contributed by atoms with van der Waals surface area (Å²) in [7, 11) is 0. The van der Waals surface area contributed by atoms with E-state index in [1.54, 1.807) is 12.1 Å². The number of aliphatic hydroxyl groups excluding tert-OH is 1. The molecule has 0 aliphatic rings. The van der Waals surface area contributed by atoms with Gasteiger partial charge in [0, 0.05) is 0 Å². The molecule has 0 spiro atoms. The van der Waals surface area contributed by atoms with Gasteiger partial charge in [0.15, 0.2) is 17.2 Å². The molecule has 3 aromatic rings. The van der Waals surface area contributed by atoms with E-state index in [1.807, 2.05) is 44.2 Å². The van der Waals surface area contributed by atoms with Crippen molar-refractivity contribution in [2.45, 2.75) is 32.6 Å². The van der Waals surface area contributed by atoms with Gasteiger partial charge in [-0.3, -0.25) is 0 Å². The zero-order valence-corrected chi connectivity index (χ0v) is 15.1. The number of amides is 1. The number of para-hydroxylation sites is 1. The number of ether oxygens (including phenoxy) is 1. The van der Waals surface area contributed by atoms with Crippen molar-refractivity contribution in [3.8, 4) is 5.75 Å². The number of rotatable bonds is 6. The van der Waals surface area contributed by atoms with Gasteiger partial charge in [-0.2, -0.15) is 0 Å². The maximum absolute atomic E-state index is 12.2. The number of aromatic nitrogens is 1. The molecular formula is C20H22N2O5. The molecule has 0 radical (unpaired) electrons. The minimum Gasteiger partial charge on any atom is -0.506 e. The number of aromatic hydroxyl groups is 1. The Bertz CT molecular complexity index is 907. The minimum absolute atomic E-state index is 0.0218. The van der Waals surface area contributed by atoms with Gasteiger partial charge in [-0.15, -0.1) is 0 Å². The number of phenolic OH excluding ortho intramolecular Hbond substituents is 1. The second kappa shape index (κ2) is 8.09. The second-order valence-corrected chi connectivity index (χ2v) is 6.60. The molecule has 0 saturated heterocycles. The number of carbonyl (C=O) groups excluding carboxylic acids is 1. The molecule has 1 unspecified atom stereocenters. The third-order valence-electron chi connectivity index (χ3n) is 4.22. The largest absolute Gasteiger partial charge is 0.506 e. The highest BCUT2D eigenvalue weighted by Gasteiger charge is 2.30. The summed E-state index contributed by atoms with van der Waals surface area (Å²) in [6.45, 7) is 3.83. The average Bonchev–Trinajstić information content (AvgIpc) is 3.10. The van der Waals surface area contributed by atoms with Gasteiger partial charge in [0.2, 0.25) is 5.89 Å². The van der Waals surface area contributed by atoms with Crippen molar-refractivity contribution in [3.05, 3.63) is 60.0 Å². The Hall–Kier alpha value is -3.06. The van der Waals surface area contributed by atoms with E-state index in [-0.39, 0.29) is 29.7 Å². The zero-order chi connectivity index (χ0) is 19.4. The second-order valence-electron chi connectivity index (χ2n) is 6.60. The molecule has 2 aromatic carbocycles. The van der Waals surface area contributed by atoms with Gasteiger partial charge in [-0.25, -0.2) is 9.78 Å². The molecule has 3 N–H and O–H groups in total. The van der Waals surface area contributed by atoms with E-state index >= 15 is 0 Å². The number of carbonyl (C=O) groups is 1. The van der Waals surface area contributed by atoms with Gasteiger partial charge in [0.1, 0.15) is 12.4 Å². The number of oxazole rings is 1. The lowest BCUT2D eigenvalue weighted by Crippen LogP contribution is -2.43. The lowest BCUT2D eigenvalue weighted by Gasteiger charge is -2.25. The van der Waals surface area contributed by atoms with Crippen molar-refractivity contribution >= 4 is 17.2 Å². The van der Waals surface area contributed by atoms with Gasteiger partial charge in [0.25, 0.3) is 0 Å². The number of phenols is 1. The molecule has 2 atom stereocenters. The molecule has 1 aromatic heterocycles. The third-order valence-corrected chi connectivity index (χ3v) is 4.22. The first-order valence-electron chi connectivity index (χ1n) is 8.69. The number of alkyl carbamates (subject to hydrolysis) is 1. The fourth-order valence-electron chi connectivity index (χ4n) is 2.74. The number of nitrogens with zero attached hydrogens (tertiary/aromatic N) is 1. The normalized spacial score (nSPS) is 13.5. The van der Waals surface area contributed by atoms with Crippen molar-refractivity contribution in [1.82, 2.24) is 10.3 Å². The summed E-state index contributed by atoms with van der Waals surface area (Å²) in [6, 6.07) is 13.4. The van der Waals surface area contributed by atoms with Crippen LogP contribution in [0.5, 0.6) is 5.75 Å². The van der Waals surface area contributed by atoms with E-state index in [1.165, 1.54) is 6.07 Å². The van der Waals surface area contributed by atoms with Crippen LogP contribution in [-0.4, -0.2) is 27.3 Å². The zero-order valence-electron chi connectivity index (χ0n) is 15.1. The van der Waals surface area contributed by atoms with Crippen LogP contribution in [0.3, 0.4) is 0 Å². The van der Waals surface area contributed by atoms with E-state index in [9.17, 15) is 15.0 Å². The van der Waals surface area contributed by atoms with Gasteiger partial charge >= 0.3 is 6.09 Å². The number of aliphatic hydroxyl groups is 1. The molecule has 0 saturated carbocycles. The molecule has 7 nitrogen and oxygen atoms in total. The van der Waals surface area contributed by atoms with Crippen molar-refractivity contribution in [2.75, 3.05) is 0 Å². The Labute approximate surface area is 156 Å². The summed E-state index contributed by atoms with van der Waals surface area (Å²) in [4.78, 5) is 16.3. The fraction of sp³-hybridized carbons (Fsp3) is 0.300. The number of nitrogens with one attached hydrogen (secondary N) is 1. The fourth-order valence-corrected chi connectivity index (χ4v) is 2.74. The molecule has 0 fully saturated rings. The maximum Gasteiger partial charge on any atom is 0.407 e. The first-order valence-corrected chi connectivity index (χ1v) is 8.69. The van der Waals surface area contributed by atoms with Crippen LogP contribution in [0.25, 0.3) is 11.1 Å². The van der Waals surface area contributed by atoms with Gasteiger partial charge < -0.3 is 24.7 Å². The van der Waals surface area contributed by atoms with Gasteiger partial charge in [-0.1, -0.05) is 50.2 Å². The quantitative estimate of drug-likeness (QED) is 0.613. The predicted molar refractivity (Wildman–Crippen MR) is 99.0 cm³/mol. The number of hydrogen-bond donors (Lipinski definition) is 3. The van der Waals surface area contributed by atoms with Crippen LogP contribution in [0, 0.1) is 5.92 Å². The van der Waals surface area contributed by atoms with Gasteiger partial charge in [-0.05, 0) is 23.6 Å². The van der Waals surface area contributed by atoms with Crippen molar-refractivity contribution in [3.63, 3.8) is 0 Å². The highest BCUT2D eigenvalue weighted by molar-refractivity contribution is 5.79. The highest BCUT2D eigenvalue weighted by atomic mass is 16.5. The summed E-state index contributed by atoms with van der Waals surface area (Å²) in [6.07, 6.45) is -1.84. The Morgan fingerprint density at radius 2 is 1.93 bits per heavy atom. The Balaban J connectivity index is 1.70. The molecule has 1 heterocycles. The highest BCUT2D eigenvalue weighted by Crippen LogP contribution is 2.29. The monoisotopic (exact) mass is 370 g/mol. The van der Waals surface area contributed by atoms with Crippen LogP contribution in [0.2, 0.25) is 0 Å². The topological polar surface area (TPSA) is 105 Å². The summed E-state index contributed by atoms with van der Waals surface area (Å²) in [5.74, 6) is -0.132. The van der Waals surface area contributed by atoms with Crippen LogP contribution in [-0.2, 0) is 11.3 Å². The molecule has 0 aliphatic carbocycles. The molecule has 3 rings (SSSR count). The van der Waals surface area contributed by atoms with E-state index in [0.717, 1.165) is 5.56 Å². The average molecular weight is 370 g/mol. The third kappa shape index (κ3) is 4.38.